The standard InChI is InChI=1S/C16H24N2O2/c1-10-2-3-12-13(16(10)19)8-14(20-15(12)9-17)11-4-6-18-7-5-11/h2-3,11,14-15,18-19H,4-9,17H2,1H3. The summed E-state index contributed by atoms with van der Waals surface area (Å²) in [5.74, 6) is 1.00. The Hall–Kier alpha value is -1.10. The fraction of sp³-hybridized carbons (Fsp3) is 0.625. The zero-order valence-corrected chi connectivity index (χ0v) is 12.1. The van der Waals surface area contributed by atoms with Crippen LogP contribution in [0, 0.1) is 12.8 Å². The number of hydrogen-bond acceptors (Lipinski definition) is 4. The van der Waals surface area contributed by atoms with E-state index in [1.54, 1.807) is 0 Å². The SMILES string of the molecule is Cc1ccc2c(c1O)CC(C1CCNCC1)OC2CN. The molecule has 2 atom stereocenters. The highest BCUT2D eigenvalue weighted by molar-refractivity contribution is 5.47. The van der Waals surface area contributed by atoms with Gasteiger partial charge in [0, 0.05) is 18.5 Å². The van der Waals surface area contributed by atoms with Crippen LogP contribution in [-0.4, -0.2) is 30.8 Å². The van der Waals surface area contributed by atoms with Gasteiger partial charge in [-0.15, -0.1) is 0 Å². The van der Waals surface area contributed by atoms with Crippen LogP contribution in [0.4, 0.5) is 0 Å². The quantitative estimate of drug-likeness (QED) is 0.768. The number of nitrogens with one attached hydrogen (secondary N) is 1. The maximum absolute atomic E-state index is 10.4. The minimum Gasteiger partial charge on any atom is -0.507 e. The number of phenolic OH excluding ortho intramolecular Hbond substituents is 1. The molecule has 1 saturated heterocycles. The molecule has 1 aromatic carbocycles. The second-order valence-corrected chi connectivity index (χ2v) is 5.99. The number of aromatic hydroxyl groups is 1. The van der Waals surface area contributed by atoms with Crippen molar-refractivity contribution in [3.8, 4) is 5.75 Å². The molecule has 1 aromatic rings. The Balaban J connectivity index is 1.90. The van der Waals surface area contributed by atoms with Crippen LogP contribution in [0.15, 0.2) is 12.1 Å². The van der Waals surface area contributed by atoms with Gasteiger partial charge in [0.1, 0.15) is 5.75 Å². The first-order valence-electron chi connectivity index (χ1n) is 7.58. The normalized spacial score (nSPS) is 27.3. The molecule has 0 spiro atoms. The number of rotatable bonds is 2. The number of fused-ring (bicyclic) bond motifs is 1. The largest absolute Gasteiger partial charge is 0.507 e. The first-order valence-corrected chi connectivity index (χ1v) is 7.58. The third-order valence-corrected chi connectivity index (χ3v) is 4.74. The highest BCUT2D eigenvalue weighted by Crippen LogP contribution is 2.39. The van der Waals surface area contributed by atoms with Gasteiger partial charge in [-0.2, -0.15) is 0 Å². The highest BCUT2D eigenvalue weighted by Gasteiger charge is 2.34. The third-order valence-electron chi connectivity index (χ3n) is 4.74. The van der Waals surface area contributed by atoms with E-state index in [-0.39, 0.29) is 12.2 Å². The Morgan fingerprint density at radius 2 is 2.10 bits per heavy atom. The molecule has 2 aliphatic rings. The lowest BCUT2D eigenvalue weighted by molar-refractivity contribution is -0.0580. The monoisotopic (exact) mass is 276 g/mol. The molecule has 2 heterocycles. The number of benzene rings is 1. The second kappa shape index (κ2) is 5.72. The van der Waals surface area contributed by atoms with Crippen LogP contribution in [0.5, 0.6) is 5.75 Å². The molecule has 4 N–H and O–H groups in total. The molecule has 4 nitrogen and oxygen atoms in total. The van der Waals surface area contributed by atoms with E-state index < -0.39 is 0 Å². The summed E-state index contributed by atoms with van der Waals surface area (Å²) in [7, 11) is 0. The summed E-state index contributed by atoms with van der Waals surface area (Å²) in [5, 5.41) is 13.8. The summed E-state index contributed by atoms with van der Waals surface area (Å²) in [6, 6.07) is 4.01. The van der Waals surface area contributed by atoms with Crippen molar-refractivity contribution in [1.29, 1.82) is 0 Å². The number of nitrogens with two attached hydrogens (primary N) is 1. The molecule has 0 bridgehead atoms. The van der Waals surface area contributed by atoms with Gasteiger partial charge in [-0.25, -0.2) is 0 Å². The smallest absolute Gasteiger partial charge is 0.122 e. The maximum Gasteiger partial charge on any atom is 0.122 e. The molecule has 3 rings (SSSR count). The van der Waals surface area contributed by atoms with Gasteiger partial charge in [0.05, 0.1) is 12.2 Å². The average molecular weight is 276 g/mol. The van der Waals surface area contributed by atoms with Crippen LogP contribution in [0.3, 0.4) is 0 Å². The second-order valence-electron chi connectivity index (χ2n) is 5.99. The van der Waals surface area contributed by atoms with Crippen molar-refractivity contribution < 1.29 is 9.84 Å². The molecule has 2 unspecified atom stereocenters. The van der Waals surface area contributed by atoms with Gasteiger partial charge in [0.15, 0.2) is 0 Å². The number of ether oxygens (including phenoxy) is 1. The molecule has 0 radical (unpaired) electrons. The van der Waals surface area contributed by atoms with Gasteiger partial charge < -0.3 is 20.9 Å². The van der Waals surface area contributed by atoms with E-state index in [1.807, 2.05) is 13.0 Å². The minimum atomic E-state index is -0.0786. The molecule has 0 aromatic heterocycles. The summed E-state index contributed by atoms with van der Waals surface area (Å²) in [4.78, 5) is 0. The van der Waals surface area contributed by atoms with Crippen molar-refractivity contribution >= 4 is 0 Å². The molecular weight excluding hydrogens is 252 g/mol. The van der Waals surface area contributed by atoms with Crippen molar-refractivity contribution in [2.45, 2.75) is 38.4 Å². The average Bonchev–Trinajstić information content (AvgIpc) is 2.51. The molecular formula is C16H24N2O2. The van der Waals surface area contributed by atoms with Crippen LogP contribution in [-0.2, 0) is 11.2 Å². The predicted molar refractivity (Wildman–Crippen MR) is 78.8 cm³/mol. The van der Waals surface area contributed by atoms with Gasteiger partial charge in [0.2, 0.25) is 0 Å². The van der Waals surface area contributed by atoms with Gasteiger partial charge >= 0.3 is 0 Å². The number of piperidine rings is 1. The predicted octanol–water partition coefficient (Wildman–Crippen LogP) is 1.64. The Kier molecular flexibility index (Phi) is 3.96. The Morgan fingerprint density at radius 3 is 2.80 bits per heavy atom. The third kappa shape index (κ3) is 2.43. The van der Waals surface area contributed by atoms with Gasteiger partial charge in [-0.05, 0) is 49.9 Å². The molecule has 0 aliphatic carbocycles. The fourth-order valence-corrected chi connectivity index (χ4v) is 3.50. The number of hydrogen-bond donors (Lipinski definition) is 3. The molecule has 2 aliphatic heterocycles. The van der Waals surface area contributed by atoms with Crippen LogP contribution in [0.2, 0.25) is 0 Å². The van der Waals surface area contributed by atoms with Gasteiger partial charge in [-0.3, -0.25) is 0 Å². The Bertz CT molecular complexity index is 484. The van der Waals surface area contributed by atoms with E-state index in [0.29, 0.717) is 18.2 Å². The summed E-state index contributed by atoms with van der Waals surface area (Å²) in [6.07, 6.45) is 3.20. The van der Waals surface area contributed by atoms with E-state index in [9.17, 15) is 5.11 Å². The number of aryl methyl sites for hydroxylation is 1. The van der Waals surface area contributed by atoms with Crippen LogP contribution in [0.1, 0.15) is 35.6 Å². The lowest BCUT2D eigenvalue weighted by atomic mass is 9.83. The van der Waals surface area contributed by atoms with Crippen molar-refractivity contribution in [3.05, 3.63) is 28.8 Å². The van der Waals surface area contributed by atoms with Gasteiger partial charge in [0.25, 0.3) is 0 Å². The van der Waals surface area contributed by atoms with E-state index in [4.69, 9.17) is 10.5 Å². The fourth-order valence-electron chi connectivity index (χ4n) is 3.50. The maximum atomic E-state index is 10.4. The summed E-state index contributed by atoms with van der Waals surface area (Å²) >= 11 is 0. The summed E-state index contributed by atoms with van der Waals surface area (Å²) in [6.45, 7) is 4.54. The zero-order valence-electron chi connectivity index (χ0n) is 12.1. The topological polar surface area (TPSA) is 67.5 Å². The van der Waals surface area contributed by atoms with Gasteiger partial charge in [-0.1, -0.05) is 12.1 Å². The zero-order chi connectivity index (χ0) is 14.1. The van der Waals surface area contributed by atoms with Crippen molar-refractivity contribution in [2.24, 2.45) is 11.7 Å². The minimum absolute atomic E-state index is 0.0786. The summed E-state index contributed by atoms with van der Waals surface area (Å²) in [5.41, 5.74) is 8.94. The Morgan fingerprint density at radius 1 is 1.35 bits per heavy atom. The number of phenols is 1. The van der Waals surface area contributed by atoms with E-state index in [0.717, 1.165) is 49.0 Å². The first-order chi connectivity index (χ1) is 9.70. The molecule has 0 saturated carbocycles. The first kappa shape index (κ1) is 13.9. The van der Waals surface area contributed by atoms with E-state index >= 15 is 0 Å². The molecule has 4 heteroatoms. The molecule has 20 heavy (non-hydrogen) atoms. The lowest BCUT2D eigenvalue weighted by Gasteiger charge is -2.38. The lowest BCUT2D eigenvalue weighted by Crippen LogP contribution is -2.40. The van der Waals surface area contributed by atoms with Crippen LogP contribution >= 0.6 is 0 Å². The molecule has 110 valence electrons. The van der Waals surface area contributed by atoms with E-state index in [2.05, 4.69) is 11.4 Å². The van der Waals surface area contributed by atoms with E-state index in [1.165, 1.54) is 0 Å². The van der Waals surface area contributed by atoms with Crippen LogP contribution in [0.25, 0.3) is 0 Å². The van der Waals surface area contributed by atoms with Crippen molar-refractivity contribution in [1.82, 2.24) is 5.32 Å². The Labute approximate surface area is 120 Å². The molecule has 0 amide bonds. The van der Waals surface area contributed by atoms with Crippen molar-refractivity contribution in [2.75, 3.05) is 19.6 Å². The molecule has 1 fully saturated rings. The van der Waals surface area contributed by atoms with Crippen LogP contribution < -0.4 is 11.1 Å². The van der Waals surface area contributed by atoms with Crippen molar-refractivity contribution in [3.63, 3.8) is 0 Å². The summed E-state index contributed by atoms with van der Waals surface area (Å²) < 4.78 is 6.23. The highest BCUT2D eigenvalue weighted by atomic mass is 16.5.